The minimum Gasteiger partial charge on any atom is -0.352 e. The number of hydrogen-bond acceptors (Lipinski definition) is 4. The van der Waals surface area contributed by atoms with Crippen LogP contribution in [0.3, 0.4) is 0 Å². The van der Waals surface area contributed by atoms with Crippen LogP contribution in [-0.2, 0) is 6.42 Å². The molecule has 1 atom stereocenters. The minimum absolute atomic E-state index is 0.269. The molecule has 0 bridgehead atoms. The van der Waals surface area contributed by atoms with E-state index in [9.17, 15) is 4.39 Å². The smallest absolute Gasteiger partial charge is 0.223 e. The van der Waals surface area contributed by atoms with Crippen molar-refractivity contribution in [3.8, 4) is 22.6 Å². The highest BCUT2D eigenvalue weighted by Crippen LogP contribution is 2.32. The van der Waals surface area contributed by atoms with E-state index < -0.39 is 0 Å². The Kier molecular flexibility index (Phi) is 5.25. The molecular weight excluding hydrogens is 365 g/mol. The highest BCUT2D eigenvalue weighted by Gasteiger charge is 2.18. The maximum absolute atomic E-state index is 13.5. The summed E-state index contributed by atoms with van der Waals surface area (Å²) >= 11 is 0. The topological polar surface area (TPSA) is 55.1 Å². The molecule has 0 aliphatic heterocycles. The summed E-state index contributed by atoms with van der Waals surface area (Å²) in [4.78, 5) is 14.0. The van der Waals surface area contributed by atoms with E-state index in [-0.39, 0.29) is 11.9 Å². The first kappa shape index (κ1) is 19.1. The number of benzene rings is 1. The Morgan fingerprint density at radius 2 is 1.86 bits per heavy atom. The third-order valence-electron chi connectivity index (χ3n) is 5.10. The van der Waals surface area contributed by atoms with E-state index >= 15 is 0 Å². The number of pyridine rings is 1. The van der Waals surface area contributed by atoms with Gasteiger partial charge >= 0.3 is 0 Å². The average Bonchev–Trinajstić information content (AvgIpc) is 3.12. The van der Waals surface area contributed by atoms with Crippen LogP contribution >= 0.6 is 0 Å². The number of fused-ring (bicyclic) bond motifs is 1. The number of hydrogen-bond donors (Lipinski definition) is 1. The van der Waals surface area contributed by atoms with E-state index in [1.807, 2.05) is 16.7 Å². The lowest BCUT2D eigenvalue weighted by molar-refractivity contribution is 0.628. The highest BCUT2D eigenvalue weighted by molar-refractivity contribution is 5.80. The molecule has 0 saturated heterocycles. The van der Waals surface area contributed by atoms with Crippen molar-refractivity contribution in [3.05, 3.63) is 66.2 Å². The van der Waals surface area contributed by atoms with Crippen molar-refractivity contribution in [1.82, 2.24) is 19.4 Å². The Balaban J connectivity index is 1.91. The molecule has 5 nitrogen and oxygen atoms in total. The van der Waals surface area contributed by atoms with Gasteiger partial charge in [0.1, 0.15) is 11.5 Å². The Labute approximate surface area is 169 Å². The van der Waals surface area contributed by atoms with Gasteiger partial charge in [0.05, 0.1) is 17.1 Å². The summed E-state index contributed by atoms with van der Waals surface area (Å²) in [6.45, 7) is 6.33. The first-order valence-corrected chi connectivity index (χ1v) is 9.96. The maximum Gasteiger partial charge on any atom is 0.223 e. The quantitative estimate of drug-likeness (QED) is 0.482. The van der Waals surface area contributed by atoms with E-state index in [0.717, 1.165) is 41.1 Å². The van der Waals surface area contributed by atoms with Crippen LogP contribution in [0, 0.1) is 5.82 Å². The van der Waals surface area contributed by atoms with Crippen LogP contribution in [0.1, 0.15) is 32.8 Å². The second-order valence-electron chi connectivity index (χ2n) is 7.15. The van der Waals surface area contributed by atoms with Gasteiger partial charge in [-0.3, -0.25) is 4.40 Å². The molecular formula is C23H24FN5. The number of nitrogens with zero attached hydrogens (tertiary/aromatic N) is 4. The first-order valence-electron chi connectivity index (χ1n) is 9.96. The lowest BCUT2D eigenvalue weighted by atomic mass is 10.1. The Hall–Kier alpha value is -3.28. The Bertz CT molecular complexity index is 1130. The molecule has 29 heavy (non-hydrogen) atoms. The van der Waals surface area contributed by atoms with Gasteiger partial charge in [-0.05, 0) is 67.8 Å². The van der Waals surface area contributed by atoms with E-state index in [4.69, 9.17) is 9.97 Å². The van der Waals surface area contributed by atoms with Gasteiger partial charge in [0.25, 0.3) is 0 Å². The molecule has 0 aliphatic carbocycles. The van der Waals surface area contributed by atoms with Crippen LogP contribution in [0.2, 0.25) is 0 Å². The first-order chi connectivity index (χ1) is 14.1. The van der Waals surface area contributed by atoms with Crippen molar-refractivity contribution in [2.75, 3.05) is 5.32 Å². The SMILES string of the molecule is CCc1ccn2c(-c3ccnc(NC(C)CC)n3)c(-c3ccc(F)cc3)nc2c1. The van der Waals surface area contributed by atoms with Gasteiger partial charge in [-0.15, -0.1) is 0 Å². The molecule has 1 unspecified atom stereocenters. The van der Waals surface area contributed by atoms with E-state index in [0.29, 0.717) is 5.95 Å². The predicted molar refractivity (Wildman–Crippen MR) is 114 cm³/mol. The highest BCUT2D eigenvalue weighted by atomic mass is 19.1. The summed E-state index contributed by atoms with van der Waals surface area (Å²) in [5, 5.41) is 3.33. The summed E-state index contributed by atoms with van der Waals surface area (Å²) in [7, 11) is 0. The molecule has 0 amide bonds. The summed E-state index contributed by atoms with van der Waals surface area (Å²) in [6.07, 6.45) is 5.68. The van der Waals surface area contributed by atoms with E-state index in [1.54, 1.807) is 18.3 Å². The number of rotatable bonds is 6. The molecule has 148 valence electrons. The van der Waals surface area contributed by atoms with Gasteiger partial charge in [-0.2, -0.15) is 0 Å². The summed E-state index contributed by atoms with van der Waals surface area (Å²) in [6, 6.07) is 12.7. The summed E-state index contributed by atoms with van der Waals surface area (Å²) in [5.41, 5.74) is 5.30. The van der Waals surface area contributed by atoms with Gasteiger partial charge in [-0.25, -0.2) is 19.3 Å². The molecule has 6 heteroatoms. The number of aryl methyl sites for hydroxylation is 1. The lowest BCUT2D eigenvalue weighted by Gasteiger charge is -2.12. The van der Waals surface area contributed by atoms with Gasteiger partial charge < -0.3 is 5.32 Å². The molecule has 3 aromatic heterocycles. The van der Waals surface area contributed by atoms with Crippen LogP contribution in [0.15, 0.2) is 54.9 Å². The van der Waals surface area contributed by atoms with Crippen LogP contribution < -0.4 is 5.32 Å². The number of imidazole rings is 1. The van der Waals surface area contributed by atoms with Crippen LogP contribution in [0.25, 0.3) is 28.3 Å². The van der Waals surface area contributed by atoms with Gasteiger partial charge in [-0.1, -0.05) is 13.8 Å². The number of halogens is 1. The summed E-state index contributed by atoms with van der Waals surface area (Å²) in [5.74, 6) is 0.316. The molecule has 3 heterocycles. The standard InChI is InChI=1S/C23H24FN5/c1-4-15(3)26-23-25-12-10-19(27-23)22-21(17-6-8-18(24)9-7-17)28-20-14-16(5-2)11-13-29(20)22/h6-15H,4-5H2,1-3H3,(H,25,26,27). The van der Waals surface area contributed by atoms with Crippen molar-refractivity contribution in [3.63, 3.8) is 0 Å². The molecule has 1 N–H and O–H groups in total. The normalized spacial score (nSPS) is 12.3. The van der Waals surface area contributed by atoms with Crippen LogP contribution in [0.4, 0.5) is 10.3 Å². The molecule has 4 rings (SSSR count). The van der Waals surface area contributed by atoms with Crippen LogP contribution in [-0.4, -0.2) is 25.4 Å². The number of anilines is 1. The fourth-order valence-corrected chi connectivity index (χ4v) is 3.24. The molecule has 4 aromatic rings. The van der Waals surface area contributed by atoms with Crippen molar-refractivity contribution in [2.24, 2.45) is 0 Å². The summed E-state index contributed by atoms with van der Waals surface area (Å²) < 4.78 is 15.5. The third-order valence-corrected chi connectivity index (χ3v) is 5.10. The lowest BCUT2D eigenvalue weighted by Crippen LogP contribution is -2.15. The molecule has 0 radical (unpaired) electrons. The van der Waals surface area contributed by atoms with Crippen molar-refractivity contribution in [2.45, 2.75) is 39.7 Å². The van der Waals surface area contributed by atoms with Crippen LogP contribution in [0.5, 0.6) is 0 Å². The van der Waals surface area contributed by atoms with Gasteiger partial charge in [0.15, 0.2) is 0 Å². The largest absolute Gasteiger partial charge is 0.352 e. The monoisotopic (exact) mass is 389 g/mol. The Morgan fingerprint density at radius 1 is 1.07 bits per heavy atom. The minimum atomic E-state index is -0.269. The zero-order chi connectivity index (χ0) is 20.4. The molecule has 0 spiro atoms. The predicted octanol–water partition coefficient (Wildman–Crippen LogP) is 5.37. The molecule has 0 saturated carbocycles. The Morgan fingerprint density at radius 3 is 2.59 bits per heavy atom. The molecule has 0 fully saturated rings. The zero-order valence-electron chi connectivity index (χ0n) is 16.9. The average molecular weight is 389 g/mol. The molecule has 1 aromatic carbocycles. The van der Waals surface area contributed by atoms with Crippen molar-refractivity contribution < 1.29 is 4.39 Å². The van der Waals surface area contributed by atoms with Gasteiger partial charge in [0, 0.05) is 24.0 Å². The van der Waals surface area contributed by atoms with Crippen molar-refractivity contribution >= 4 is 11.6 Å². The second-order valence-corrected chi connectivity index (χ2v) is 7.15. The maximum atomic E-state index is 13.5. The number of aromatic nitrogens is 4. The third kappa shape index (κ3) is 3.83. The number of nitrogens with one attached hydrogen (secondary N) is 1. The molecule has 0 aliphatic rings. The zero-order valence-corrected chi connectivity index (χ0v) is 16.9. The van der Waals surface area contributed by atoms with Gasteiger partial charge in [0.2, 0.25) is 5.95 Å². The second kappa shape index (κ2) is 7.99. The van der Waals surface area contributed by atoms with E-state index in [1.165, 1.54) is 17.7 Å². The van der Waals surface area contributed by atoms with Crippen molar-refractivity contribution in [1.29, 1.82) is 0 Å². The fraction of sp³-hybridized carbons (Fsp3) is 0.261. The van der Waals surface area contributed by atoms with E-state index in [2.05, 4.69) is 43.2 Å². The fourth-order valence-electron chi connectivity index (χ4n) is 3.24.